The van der Waals surface area contributed by atoms with Gasteiger partial charge in [-0.3, -0.25) is 9.78 Å². The van der Waals surface area contributed by atoms with Crippen LogP contribution in [0.2, 0.25) is 5.02 Å². The van der Waals surface area contributed by atoms with Crippen LogP contribution in [-0.2, 0) is 16.1 Å². The van der Waals surface area contributed by atoms with Gasteiger partial charge >= 0.3 is 0 Å². The van der Waals surface area contributed by atoms with Crippen molar-refractivity contribution in [2.24, 2.45) is 0 Å². The van der Waals surface area contributed by atoms with E-state index in [1.165, 1.54) is 12.3 Å². The number of hydrogen-bond acceptors (Lipinski definition) is 8. The molecule has 3 aromatic carbocycles. The lowest BCUT2D eigenvalue weighted by Gasteiger charge is -2.16. The first-order valence-corrected chi connectivity index (χ1v) is 14.2. The summed E-state index contributed by atoms with van der Waals surface area (Å²) >= 11 is 6.56. The Kier molecular flexibility index (Phi) is 11.3. The molecule has 2 N–H and O–H groups in total. The molecule has 0 saturated carbocycles. The average Bonchev–Trinajstić information content (AvgIpc) is 3.01. The van der Waals surface area contributed by atoms with Crippen molar-refractivity contribution in [3.8, 4) is 17.6 Å². The molecule has 0 aliphatic heterocycles. The van der Waals surface area contributed by atoms with Gasteiger partial charge in [-0.25, -0.2) is 0 Å². The van der Waals surface area contributed by atoms with E-state index < -0.39 is 0 Å². The summed E-state index contributed by atoms with van der Waals surface area (Å²) < 4.78 is 16.8. The number of hydrogen-bond donors (Lipinski definition) is 2. The van der Waals surface area contributed by atoms with Crippen molar-refractivity contribution in [3.63, 3.8) is 0 Å². The lowest BCUT2D eigenvalue weighted by Crippen LogP contribution is -2.23. The third-order valence-electron chi connectivity index (χ3n) is 6.45. The molecule has 1 amide bonds. The number of benzene rings is 3. The zero-order valence-electron chi connectivity index (χ0n) is 24.4. The van der Waals surface area contributed by atoms with E-state index in [1.807, 2.05) is 55.3 Å². The molecule has 0 atom stereocenters. The first kappa shape index (κ1) is 31.3. The van der Waals surface area contributed by atoms with Gasteiger partial charge < -0.3 is 29.7 Å². The van der Waals surface area contributed by atoms with Crippen molar-refractivity contribution in [3.05, 3.63) is 95.2 Å². The zero-order valence-corrected chi connectivity index (χ0v) is 25.1. The standard InChI is InChI=1S/C33H34ClN5O4/c1-4-42-31-19-28-26(18-29(31)38-32(40)11-8-14-39(2)15-16-41-3)33(24(20-35)21-36-28)37-25-12-13-30(27(34)17-25)43-22-23-9-6-5-7-10-23/h5-13,17-19,21H,4,14-16,22H2,1-3H3,(H,36,37)(H,38,40). The van der Waals surface area contributed by atoms with E-state index in [4.69, 9.17) is 25.8 Å². The summed E-state index contributed by atoms with van der Waals surface area (Å²) in [5.74, 6) is 0.706. The number of likely N-dealkylation sites (N-methyl/N-ethyl adjacent to an activating group) is 1. The van der Waals surface area contributed by atoms with Crippen LogP contribution < -0.4 is 20.1 Å². The maximum atomic E-state index is 12.8. The fourth-order valence-electron chi connectivity index (χ4n) is 4.24. The van der Waals surface area contributed by atoms with Crippen molar-refractivity contribution < 1.29 is 19.0 Å². The fraction of sp³-hybridized carbons (Fsp3) is 0.242. The Morgan fingerprint density at radius 1 is 1.12 bits per heavy atom. The first-order chi connectivity index (χ1) is 20.9. The summed E-state index contributed by atoms with van der Waals surface area (Å²) in [6.07, 6.45) is 4.77. The summed E-state index contributed by atoms with van der Waals surface area (Å²) in [5, 5.41) is 17.2. The number of nitrogens with zero attached hydrogens (tertiary/aromatic N) is 3. The molecule has 0 aliphatic rings. The smallest absolute Gasteiger partial charge is 0.248 e. The molecular formula is C33H34ClN5O4. The molecule has 1 heterocycles. The summed E-state index contributed by atoms with van der Waals surface area (Å²) in [5.41, 5.74) is 3.58. The largest absolute Gasteiger partial charge is 0.492 e. The number of amides is 1. The minimum atomic E-state index is -0.308. The molecule has 0 bridgehead atoms. The lowest BCUT2D eigenvalue weighted by atomic mass is 10.1. The maximum Gasteiger partial charge on any atom is 0.248 e. The number of carbonyl (C=O) groups excluding carboxylic acids is 1. The predicted octanol–water partition coefficient (Wildman–Crippen LogP) is 6.55. The van der Waals surface area contributed by atoms with E-state index in [-0.39, 0.29) is 5.91 Å². The Morgan fingerprint density at radius 2 is 1.93 bits per heavy atom. The number of methoxy groups -OCH3 is 1. The van der Waals surface area contributed by atoms with Crippen LogP contribution in [0.25, 0.3) is 10.9 Å². The van der Waals surface area contributed by atoms with Gasteiger partial charge in [-0.1, -0.05) is 48.0 Å². The number of rotatable bonds is 14. The second-order valence-electron chi connectivity index (χ2n) is 9.65. The van der Waals surface area contributed by atoms with Gasteiger partial charge in [-0.05, 0) is 43.8 Å². The Labute approximate surface area is 256 Å². The summed E-state index contributed by atoms with van der Waals surface area (Å²) in [6.45, 7) is 4.60. The molecule has 9 nitrogen and oxygen atoms in total. The van der Waals surface area contributed by atoms with E-state index in [0.717, 1.165) is 12.1 Å². The van der Waals surface area contributed by atoms with Gasteiger partial charge in [0.05, 0.1) is 40.7 Å². The highest BCUT2D eigenvalue weighted by Crippen LogP contribution is 2.37. The third-order valence-corrected chi connectivity index (χ3v) is 6.74. The van der Waals surface area contributed by atoms with Crippen LogP contribution in [-0.4, -0.2) is 56.3 Å². The van der Waals surface area contributed by atoms with Crippen molar-refractivity contribution in [1.82, 2.24) is 9.88 Å². The number of anilines is 3. The molecule has 0 unspecified atom stereocenters. The van der Waals surface area contributed by atoms with Gasteiger partial charge in [0.1, 0.15) is 24.2 Å². The number of carbonyl (C=O) groups is 1. The molecule has 4 aromatic rings. The minimum absolute atomic E-state index is 0.308. The average molecular weight is 600 g/mol. The molecule has 222 valence electrons. The van der Waals surface area contributed by atoms with E-state index in [2.05, 4.69) is 21.7 Å². The van der Waals surface area contributed by atoms with Gasteiger partial charge in [0.2, 0.25) is 5.91 Å². The van der Waals surface area contributed by atoms with Gasteiger partial charge in [-0.15, -0.1) is 0 Å². The molecule has 10 heteroatoms. The van der Waals surface area contributed by atoms with E-state index in [9.17, 15) is 10.1 Å². The van der Waals surface area contributed by atoms with Gasteiger partial charge in [0, 0.05) is 49.6 Å². The predicted molar refractivity (Wildman–Crippen MR) is 170 cm³/mol. The summed E-state index contributed by atoms with van der Waals surface area (Å²) in [6, 6.07) is 20.9. The van der Waals surface area contributed by atoms with Crippen molar-refractivity contribution in [2.45, 2.75) is 13.5 Å². The number of nitrogens with one attached hydrogen (secondary N) is 2. The molecule has 0 spiro atoms. The Hall–Kier alpha value is -4.62. The minimum Gasteiger partial charge on any atom is -0.492 e. The number of ether oxygens (including phenoxy) is 3. The van der Waals surface area contributed by atoms with Gasteiger partial charge in [0.15, 0.2) is 0 Å². The summed E-state index contributed by atoms with van der Waals surface area (Å²) in [4.78, 5) is 19.3. The number of nitriles is 1. The van der Waals surface area contributed by atoms with E-state index in [0.29, 0.717) is 76.4 Å². The van der Waals surface area contributed by atoms with Crippen LogP contribution >= 0.6 is 11.6 Å². The SMILES string of the molecule is CCOc1cc2ncc(C#N)c(Nc3ccc(OCc4ccccc4)c(Cl)c3)c2cc1NC(=O)C=CCN(C)CCOC. The van der Waals surface area contributed by atoms with E-state index in [1.54, 1.807) is 37.5 Å². The molecule has 4 rings (SSSR count). The molecule has 43 heavy (non-hydrogen) atoms. The van der Waals surface area contributed by atoms with Crippen LogP contribution in [0.4, 0.5) is 17.1 Å². The Morgan fingerprint density at radius 3 is 2.65 bits per heavy atom. The lowest BCUT2D eigenvalue weighted by molar-refractivity contribution is -0.111. The van der Waals surface area contributed by atoms with Crippen LogP contribution in [0, 0.1) is 11.3 Å². The number of aromatic nitrogens is 1. The zero-order chi connectivity index (χ0) is 30.6. The second-order valence-corrected chi connectivity index (χ2v) is 10.1. The third kappa shape index (κ3) is 8.69. The van der Waals surface area contributed by atoms with Crippen LogP contribution in [0.15, 0.2) is 79.0 Å². The second kappa shape index (κ2) is 15.6. The molecule has 1 aromatic heterocycles. The Balaban J connectivity index is 1.59. The highest BCUT2D eigenvalue weighted by Gasteiger charge is 2.16. The highest BCUT2D eigenvalue weighted by atomic mass is 35.5. The first-order valence-electron chi connectivity index (χ1n) is 13.8. The number of fused-ring (bicyclic) bond motifs is 1. The number of pyridine rings is 1. The molecular weight excluding hydrogens is 566 g/mol. The normalized spacial score (nSPS) is 11.1. The molecule has 0 saturated heterocycles. The van der Waals surface area contributed by atoms with Crippen LogP contribution in [0.5, 0.6) is 11.5 Å². The van der Waals surface area contributed by atoms with Crippen LogP contribution in [0.1, 0.15) is 18.1 Å². The van der Waals surface area contributed by atoms with Crippen molar-refractivity contribution in [1.29, 1.82) is 5.26 Å². The topological polar surface area (TPSA) is 109 Å². The fourth-order valence-corrected chi connectivity index (χ4v) is 4.47. The van der Waals surface area contributed by atoms with Crippen LogP contribution in [0.3, 0.4) is 0 Å². The maximum absolute atomic E-state index is 12.8. The monoisotopic (exact) mass is 599 g/mol. The molecule has 0 fully saturated rings. The molecule has 0 aliphatic carbocycles. The van der Waals surface area contributed by atoms with Crippen molar-refractivity contribution in [2.75, 3.05) is 51.1 Å². The quantitative estimate of drug-likeness (QED) is 0.157. The van der Waals surface area contributed by atoms with Crippen molar-refractivity contribution >= 4 is 45.5 Å². The van der Waals surface area contributed by atoms with E-state index >= 15 is 0 Å². The van der Waals surface area contributed by atoms with Gasteiger partial charge in [-0.2, -0.15) is 5.26 Å². The number of halogens is 1. The molecule has 0 radical (unpaired) electrons. The highest BCUT2D eigenvalue weighted by molar-refractivity contribution is 6.32. The Bertz CT molecular complexity index is 1620. The van der Waals surface area contributed by atoms with Gasteiger partial charge in [0.25, 0.3) is 0 Å². The summed E-state index contributed by atoms with van der Waals surface area (Å²) in [7, 11) is 3.60.